The van der Waals surface area contributed by atoms with Crippen molar-refractivity contribution in [2.45, 2.75) is 32.2 Å². The molecule has 1 fully saturated rings. The Balaban J connectivity index is 1.95. The number of hydrogen-bond acceptors (Lipinski definition) is 2. The molecule has 2 rings (SSSR count). The summed E-state index contributed by atoms with van der Waals surface area (Å²) in [4.78, 5) is 23.0. The largest absolute Gasteiger partial charge is 0.481 e. The third kappa shape index (κ3) is 3.15. The zero-order chi connectivity index (χ0) is 14.7. The summed E-state index contributed by atoms with van der Waals surface area (Å²) in [7, 11) is 0. The van der Waals surface area contributed by atoms with Crippen molar-refractivity contribution in [3.8, 4) is 0 Å². The lowest BCUT2D eigenvalue weighted by Crippen LogP contribution is -2.32. The average molecular weight is 279 g/mol. The van der Waals surface area contributed by atoms with Crippen LogP contribution in [-0.4, -0.2) is 17.0 Å². The Morgan fingerprint density at radius 1 is 1.30 bits per heavy atom. The number of benzene rings is 1. The van der Waals surface area contributed by atoms with Gasteiger partial charge in [0.1, 0.15) is 5.82 Å². The van der Waals surface area contributed by atoms with E-state index in [0.717, 1.165) is 0 Å². The van der Waals surface area contributed by atoms with Gasteiger partial charge in [0.2, 0.25) is 5.91 Å². The number of rotatable bonds is 4. The molecule has 0 spiro atoms. The van der Waals surface area contributed by atoms with Crippen LogP contribution in [0.5, 0.6) is 0 Å². The van der Waals surface area contributed by atoms with Crippen molar-refractivity contribution in [1.82, 2.24) is 5.32 Å². The lowest BCUT2D eigenvalue weighted by molar-refractivity contribution is -0.141. The van der Waals surface area contributed by atoms with Crippen molar-refractivity contribution in [3.63, 3.8) is 0 Å². The lowest BCUT2D eigenvalue weighted by atomic mass is 10.0. The maximum atomic E-state index is 13.6. The summed E-state index contributed by atoms with van der Waals surface area (Å²) >= 11 is 0. The van der Waals surface area contributed by atoms with Crippen molar-refractivity contribution in [2.75, 3.05) is 0 Å². The number of aliphatic carboxylic acids is 1. The Bertz CT molecular complexity index is 518. The minimum Gasteiger partial charge on any atom is -0.481 e. The molecule has 0 saturated heterocycles. The molecule has 0 heterocycles. The number of carbonyl (C=O) groups excluding carboxylic acids is 1. The van der Waals surface area contributed by atoms with Gasteiger partial charge in [-0.2, -0.15) is 0 Å². The summed E-state index contributed by atoms with van der Waals surface area (Å²) in [6, 6.07) is 5.88. The number of hydrogen-bond donors (Lipinski definition) is 2. The fourth-order valence-corrected chi connectivity index (χ4v) is 2.68. The summed E-state index contributed by atoms with van der Waals surface area (Å²) in [6.45, 7) is 1.72. The first kappa shape index (κ1) is 14.5. The molecule has 3 atom stereocenters. The van der Waals surface area contributed by atoms with Gasteiger partial charge in [0.05, 0.1) is 12.0 Å². The smallest absolute Gasteiger partial charge is 0.306 e. The van der Waals surface area contributed by atoms with Crippen LogP contribution in [0, 0.1) is 17.7 Å². The second-order valence-corrected chi connectivity index (χ2v) is 5.30. The highest BCUT2D eigenvalue weighted by Crippen LogP contribution is 2.31. The van der Waals surface area contributed by atoms with Crippen LogP contribution in [0.4, 0.5) is 4.39 Å². The molecule has 0 aromatic heterocycles. The van der Waals surface area contributed by atoms with E-state index in [9.17, 15) is 14.0 Å². The molecule has 5 heteroatoms. The van der Waals surface area contributed by atoms with E-state index >= 15 is 0 Å². The number of carbonyl (C=O) groups is 2. The second kappa shape index (κ2) is 6.03. The maximum absolute atomic E-state index is 13.6. The molecular formula is C15H18FNO3. The van der Waals surface area contributed by atoms with Crippen molar-refractivity contribution >= 4 is 11.9 Å². The molecule has 0 bridgehead atoms. The molecule has 4 nitrogen and oxygen atoms in total. The van der Waals surface area contributed by atoms with E-state index in [1.54, 1.807) is 25.1 Å². The fourth-order valence-electron chi connectivity index (χ4n) is 2.68. The molecule has 1 aromatic rings. The molecule has 1 aliphatic carbocycles. The van der Waals surface area contributed by atoms with Gasteiger partial charge in [0, 0.05) is 11.5 Å². The van der Waals surface area contributed by atoms with Gasteiger partial charge < -0.3 is 10.4 Å². The predicted molar refractivity (Wildman–Crippen MR) is 71.4 cm³/mol. The topological polar surface area (TPSA) is 66.4 Å². The summed E-state index contributed by atoms with van der Waals surface area (Å²) in [6.07, 6.45) is 1.47. The van der Waals surface area contributed by atoms with Crippen molar-refractivity contribution < 1.29 is 19.1 Å². The van der Waals surface area contributed by atoms with Gasteiger partial charge in [-0.05, 0) is 32.3 Å². The molecule has 1 aromatic carbocycles. The molecule has 108 valence electrons. The van der Waals surface area contributed by atoms with E-state index in [4.69, 9.17) is 5.11 Å². The molecule has 2 N–H and O–H groups in total. The van der Waals surface area contributed by atoms with Gasteiger partial charge in [0.25, 0.3) is 0 Å². The SMILES string of the molecule is CC(NC(=O)C1CCC(C(=O)O)C1)c1ccccc1F. The maximum Gasteiger partial charge on any atom is 0.306 e. The highest BCUT2D eigenvalue weighted by Gasteiger charge is 2.34. The number of carboxylic acids is 1. The molecule has 20 heavy (non-hydrogen) atoms. The standard InChI is InChI=1S/C15H18FNO3/c1-9(12-4-2-3-5-13(12)16)17-14(18)10-6-7-11(8-10)15(19)20/h2-5,9-11H,6-8H2,1H3,(H,17,18)(H,19,20). The third-order valence-electron chi connectivity index (χ3n) is 3.88. The van der Waals surface area contributed by atoms with Crippen LogP contribution in [0.15, 0.2) is 24.3 Å². The van der Waals surface area contributed by atoms with E-state index < -0.39 is 17.9 Å². The van der Waals surface area contributed by atoms with Crippen LogP contribution in [0.3, 0.4) is 0 Å². The first-order valence-corrected chi connectivity index (χ1v) is 6.76. The van der Waals surface area contributed by atoms with E-state index in [2.05, 4.69) is 5.32 Å². The monoisotopic (exact) mass is 279 g/mol. The van der Waals surface area contributed by atoms with Gasteiger partial charge in [-0.25, -0.2) is 4.39 Å². The van der Waals surface area contributed by atoms with Crippen LogP contribution in [0.1, 0.15) is 37.8 Å². The molecular weight excluding hydrogens is 261 g/mol. The normalized spacial score (nSPS) is 23.3. The molecule has 0 aliphatic heterocycles. The fraction of sp³-hybridized carbons (Fsp3) is 0.467. The predicted octanol–water partition coefficient (Wildman–Crippen LogP) is 2.50. The van der Waals surface area contributed by atoms with E-state index in [-0.39, 0.29) is 17.6 Å². The summed E-state index contributed by atoms with van der Waals surface area (Å²) in [5.74, 6) is -2.11. The number of nitrogens with one attached hydrogen (secondary N) is 1. The van der Waals surface area contributed by atoms with E-state index in [1.165, 1.54) is 6.07 Å². The quantitative estimate of drug-likeness (QED) is 0.890. The summed E-state index contributed by atoms with van der Waals surface area (Å²) in [5.41, 5.74) is 0.439. The van der Waals surface area contributed by atoms with E-state index in [1.807, 2.05) is 0 Å². The van der Waals surface area contributed by atoms with Gasteiger partial charge in [-0.3, -0.25) is 9.59 Å². The average Bonchev–Trinajstić information content (AvgIpc) is 2.88. The molecule has 1 saturated carbocycles. The Hall–Kier alpha value is -1.91. The zero-order valence-corrected chi connectivity index (χ0v) is 11.3. The van der Waals surface area contributed by atoms with E-state index in [0.29, 0.717) is 24.8 Å². The first-order valence-electron chi connectivity index (χ1n) is 6.76. The lowest BCUT2D eigenvalue weighted by Gasteiger charge is -2.18. The minimum atomic E-state index is -0.845. The Kier molecular flexibility index (Phi) is 4.37. The van der Waals surface area contributed by atoms with Crippen molar-refractivity contribution in [3.05, 3.63) is 35.6 Å². The Morgan fingerprint density at radius 3 is 2.55 bits per heavy atom. The van der Waals surface area contributed by atoms with Crippen LogP contribution in [0.2, 0.25) is 0 Å². The van der Waals surface area contributed by atoms with Crippen molar-refractivity contribution in [2.24, 2.45) is 11.8 Å². The zero-order valence-electron chi connectivity index (χ0n) is 11.3. The van der Waals surface area contributed by atoms with Gasteiger partial charge >= 0.3 is 5.97 Å². The molecule has 1 amide bonds. The summed E-state index contributed by atoms with van der Waals surface area (Å²) < 4.78 is 13.6. The van der Waals surface area contributed by atoms with Crippen LogP contribution >= 0.6 is 0 Å². The Labute approximate surface area is 117 Å². The molecule has 3 unspecified atom stereocenters. The van der Waals surface area contributed by atoms with Crippen LogP contribution in [0.25, 0.3) is 0 Å². The van der Waals surface area contributed by atoms with Crippen LogP contribution < -0.4 is 5.32 Å². The highest BCUT2D eigenvalue weighted by molar-refractivity contribution is 5.81. The second-order valence-electron chi connectivity index (χ2n) is 5.30. The van der Waals surface area contributed by atoms with Gasteiger partial charge in [0.15, 0.2) is 0 Å². The molecule has 1 aliphatic rings. The van der Waals surface area contributed by atoms with Crippen LogP contribution in [-0.2, 0) is 9.59 Å². The minimum absolute atomic E-state index is 0.190. The third-order valence-corrected chi connectivity index (χ3v) is 3.88. The highest BCUT2D eigenvalue weighted by atomic mass is 19.1. The number of halogens is 1. The first-order chi connectivity index (χ1) is 9.49. The van der Waals surface area contributed by atoms with Gasteiger partial charge in [-0.15, -0.1) is 0 Å². The Morgan fingerprint density at radius 2 is 1.95 bits per heavy atom. The van der Waals surface area contributed by atoms with Crippen molar-refractivity contribution in [1.29, 1.82) is 0 Å². The number of amides is 1. The molecule has 0 radical (unpaired) electrons. The van der Waals surface area contributed by atoms with Gasteiger partial charge in [-0.1, -0.05) is 18.2 Å². The summed E-state index contributed by atoms with van der Waals surface area (Å²) in [5, 5.41) is 11.7. The number of carboxylic acid groups (broad SMARTS) is 1.